The second-order valence-corrected chi connectivity index (χ2v) is 5.62. The normalized spacial score (nSPS) is 13.7. The molecule has 1 amide bonds. The molecule has 4 rings (SSSR count). The Bertz CT molecular complexity index is 976. The van der Waals surface area contributed by atoms with Gasteiger partial charge in [0.25, 0.3) is 0 Å². The zero-order valence-electron chi connectivity index (χ0n) is 13.2. The van der Waals surface area contributed by atoms with Gasteiger partial charge in [-0.1, -0.05) is 48.5 Å². The maximum Gasteiger partial charge on any atom is 0.246 e. The number of nitrogens with one attached hydrogen (secondary N) is 1. The first-order chi connectivity index (χ1) is 11.8. The summed E-state index contributed by atoms with van der Waals surface area (Å²) in [5.74, 6) is 0.627. The molecule has 0 fully saturated rings. The Balaban J connectivity index is 2.01. The van der Waals surface area contributed by atoms with Gasteiger partial charge < -0.3 is 10.1 Å². The molecular formula is C20H16N2O2. The molecule has 0 bridgehead atoms. The molecule has 4 heteroatoms. The minimum Gasteiger partial charge on any atom is -0.496 e. The highest BCUT2D eigenvalue weighted by molar-refractivity contribution is 6.23. The lowest BCUT2D eigenvalue weighted by molar-refractivity contribution is -0.114. The molecule has 1 N–H and O–H groups in total. The zero-order chi connectivity index (χ0) is 16.5. The fraction of sp³-hybridized carbons (Fsp3) is 0.100. The number of carbonyl (C=O) groups excluding carboxylic acids is 1. The van der Waals surface area contributed by atoms with Gasteiger partial charge in [-0.05, 0) is 17.5 Å². The number of aliphatic imine (C=N–C) groups is 1. The SMILES string of the molecule is COc1ccccc1C1=NCC(=O)Nc2c1ccc1ccccc21. The highest BCUT2D eigenvalue weighted by Gasteiger charge is 2.21. The molecule has 0 aromatic heterocycles. The van der Waals surface area contributed by atoms with Crippen molar-refractivity contribution in [3.05, 3.63) is 71.8 Å². The molecule has 0 saturated heterocycles. The number of fused-ring (bicyclic) bond motifs is 3. The van der Waals surface area contributed by atoms with E-state index in [4.69, 9.17) is 4.74 Å². The number of amides is 1. The molecule has 3 aromatic carbocycles. The van der Waals surface area contributed by atoms with Gasteiger partial charge in [-0.15, -0.1) is 0 Å². The quantitative estimate of drug-likeness (QED) is 0.785. The van der Waals surface area contributed by atoms with Gasteiger partial charge in [-0.25, -0.2) is 0 Å². The third kappa shape index (κ3) is 2.33. The molecule has 0 spiro atoms. The lowest BCUT2D eigenvalue weighted by atomic mass is 9.96. The maximum atomic E-state index is 12.2. The van der Waals surface area contributed by atoms with Crippen LogP contribution in [0.3, 0.4) is 0 Å². The van der Waals surface area contributed by atoms with E-state index >= 15 is 0 Å². The zero-order valence-corrected chi connectivity index (χ0v) is 13.2. The van der Waals surface area contributed by atoms with E-state index in [2.05, 4.69) is 16.4 Å². The van der Waals surface area contributed by atoms with Crippen LogP contribution < -0.4 is 10.1 Å². The van der Waals surface area contributed by atoms with Gasteiger partial charge in [-0.2, -0.15) is 0 Å². The molecular weight excluding hydrogens is 300 g/mol. The van der Waals surface area contributed by atoms with Crippen molar-refractivity contribution >= 4 is 28.1 Å². The summed E-state index contributed by atoms with van der Waals surface area (Å²) in [4.78, 5) is 16.7. The fourth-order valence-corrected chi connectivity index (χ4v) is 3.09. The van der Waals surface area contributed by atoms with Crippen LogP contribution in [-0.4, -0.2) is 25.3 Å². The smallest absolute Gasteiger partial charge is 0.246 e. The molecule has 118 valence electrons. The molecule has 0 aliphatic carbocycles. The molecule has 0 saturated carbocycles. The number of nitrogens with zero attached hydrogens (tertiary/aromatic N) is 1. The summed E-state index contributed by atoms with van der Waals surface area (Å²) < 4.78 is 5.48. The molecule has 4 nitrogen and oxygen atoms in total. The highest BCUT2D eigenvalue weighted by atomic mass is 16.5. The number of hydrogen-bond acceptors (Lipinski definition) is 3. The first-order valence-corrected chi connectivity index (χ1v) is 7.78. The van der Waals surface area contributed by atoms with Crippen LogP contribution in [0.25, 0.3) is 10.8 Å². The topological polar surface area (TPSA) is 50.7 Å². The van der Waals surface area contributed by atoms with Crippen molar-refractivity contribution in [1.82, 2.24) is 0 Å². The van der Waals surface area contributed by atoms with E-state index in [1.165, 1.54) is 0 Å². The van der Waals surface area contributed by atoms with Crippen LogP contribution in [0.5, 0.6) is 5.75 Å². The fourth-order valence-electron chi connectivity index (χ4n) is 3.09. The summed E-state index contributed by atoms with van der Waals surface area (Å²) in [6, 6.07) is 19.8. The van der Waals surface area contributed by atoms with Crippen LogP contribution in [0.15, 0.2) is 65.7 Å². The van der Waals surface area contributed by atoms with Crippen molar-refractivity contribution in [2.45, 2.75) is 0 Å². The summed E-state index contributed by atoms with van der Waals surface area (Å²) >= 11 is 0. The van der Waals surface area contributed by atoms with E-state index in [9.17, 15) is 4.79 Å². The van der Waals surface area contributed by atoms with Gasteiger partial charge in [0.2, 0.25) is 5.91 Å². The molecule has 1 heterocycles. The largest absolute Gasteiger partial charge is 0.496 e. The van der Waals surface area contributed by atoms with Crippen molar-refractivity contribution in [2.75, 3.05) is 19.0 Å². The lowest BCUT2D eigenvalue weighted by Crippen LogP contribution is -2.13. The Morgan fingerprint density at radius 1 is 0.958 bits per heavy atom. The van der Waals surface area contributed by atoms with E-state index in [1.807, 2.05) is 54.6 Å². The van der Waals surface area contributed by atoms with Crippen LogP contribution in [-0.2, 0) is 4.79 Å². The first-order valence-electron chi connectivity index (χ1n) is 7.78. The minimum atomic E-state index is -0.113. The van der Waals surface area contributed by atoms with Crippen molar-refractivity contribution in [3.63, 3.8) is 0 Å². The predicted octanol–water partition coefficient (Wildman–Crippen LogP) is 3.64. The molecule has 0 radical (unpaired) electrons. The third-order valence-electron chi connectivity index (χ3n) is 4.19. The van der Waals surface area contributed by atoms with E-state index in [0.29, 0.717) is 0 Å². The molecule has 0 atom stereocenters. The number of carbonyl (C=O) groups is 1. The number of para-hydroxylation sites is 1. The van der Waals surface area contributed by atoms with Gasteiger partial charge in [0.1, 0.15) is 12.3 Å². The van der Waals surface area contributed by atoms with E-state index in [-0.39, 0.29) is 12.5 Å². The van der Waals surface area contributed by atoms with E-state index < -0.39 is 0 Å². The third-order valence-corrected chi connectivity index (χ3v) is 4.19. The van der Waals surface area contributed by atoms with Gasteiger partial charge in [-0.3, -0.25) is 9.79 Å². The first kappa shape index (κ1) is 14.5. The number of hydrogen-bond donors (Lipinski definition) is 1. The van der Waals surface area contributed by atoms with Crippen molar-refractivity contribution in [3.8, 4) is 5.75 Å². The van der Waals surface area contributed by atoms with Gasteiger partial charge >= 0.3 is 0 Å². The number of benzene rings is 3. The van der Waals surface area contributed by atoms with Crippen molar-refractivity contribution in [2.24, 2.45) is 4.99 Å². The Morgan fingerprint density at radius 2 is 1.75 bits per heavy atom. The Labute approximate surface area is 139 Å². The lowest BCUT2D eigenvalue weighted by Gasteiger charge is -2.15. The summed E-state index contributed by atoms with van der Waals surface area (Å²) in [7, 11) is 1.64. The number of ether oxygens (including phenoxy) is 1. The molecule has 1 aliphatic heterocycles. The summed E-state index contributed by atoms with van der Waals surface area (Å²) in [6.07, 6.45) is 0. The van der Waals surface area contributed by atoms with E-state index in [0.717, 1.165) is 39.0 Å². The van der Waals surface area contributed by atoms with E-state index in [1.54, 1.807) is 7.11 Å². The van der Waals surface area contributed by atoms with Gasteiger partial charge in [0.05, 0.1) is 18.5 Å². The number of methoxy groups -OCH3 is 1. The summed E-state index contributed by atoms with van der Waals surface area (Å²) in [5.41, 5.74) is 3.36. The summed E-state index contributed by atoms with van der Waals surface area (Å²) in [6.45, 7) is 0.0936. The maximum absolute atomic E-state index is 12.2. The van der Waals surface area contributed by atoms with Crippen LogP contribution in [0.4, 0.5) is 5.69 Å². The molecule has 3 aromatic rings. The number of rotatable bonds is 2. The van der Waals surface area contributed by atoms with Gasteiger partial charge in [0, 0.05) is 16.5 Å². The average molecular weight is 316 g/mol. The Morgan fingerprint density at radius 3 is 2.62 bits per heavy atom. The van der Waals surface area contributed by atoms with Crippen LogP contribution >= 0.6 is 0 Å². The Hall–Kier alpha value is -3.14. The molecule has 1 aliphatic rings. The summed E-state index contributed by atoms with van der Waals surface area (Å²) in [5, 5.41) is 5.10. The van der Waals surface area contributed by atoms with Gasteiger partial charge in [0.15, 0.2) is 0 Å². The standard InChI is InChI=1S/C20H16N2O2/c1-24-17-9-5-4-8-15(17)19-16-11-10-13-6-2-3-7-14(13)20(16)22-18(23)12-21-19/h2-11H,12H2,1H3,(H,22,23). The van der Waals surface area contributed by atoms with Crippen LogP contribution in [0, 0.1) is 0 Å². The average Bonchev–Trinajstić information content (AvgIpc) is 2.80. The predicted molar refractivity (Wildman–Crippen MR) is 96.1 cm³/mol. The van der Waals surface area contributed by atoms with Crippen molar-refractivity contribution < 1.29 is 9.53 Å². The second-order valence-electron chi connectivity index (χ2n) is 5.62. The number of anilines is 1. The van der Waals surface area contributed by atoms with Crippen LogP contribution in [0.2, 0.25) is 0 Å². The minimum absolute atomic E-state index is 0.0936. The molecule has 24 heavy (non-hydrogen) atoms. The van der Waals surface area contributed by atoms with Crippen LogP contribution in [0.1, 0.15) is 11.1 Å². The molecule has 0 unspecified atom stereocenters. The second kappa shape index (κ2) is 5.81. The van der Waals surface area contributed by atoms with Crippen molar-refractivity contribution in [1.29, 1.82) is 0 Å². The monoisotopic (exact) mass is 316 g/mol. The highest BCUT2D eigenvalue weighted by Crippen LogP contribution is 2.33. The Kier molecular flexibility index (Phi) is 3.50.